The molecule has 0 aliphatic carbocycles. The van der Waals surface area contributed by atoms with E-state index in [9.17, 15) is 8.42 Å². The number of nitrogens with zero attached hydrogens (tertiary/aromatic N) is 1. The average molecular weight is 330 g/mol. The Bertz CT molecular complexity index is 802. The Morgan fingerprint density at radius 3 is 2.61 bits per heavy atom. The zero-order valence-corrected chi connectivity index (χ0v) is 14.3. The van der Waals surface area contributed by atoms with Crippen LogP contribution in [-0.2, 0) is 10.0 Å². The number of hydrogen-bond donors (Lipinski definition) is 1. The number of benzene rings is 2. The Labute approximate surface area is 138 Å². The molecule has 2 aromatic rings. The number of aryl methyl sites for hydroxylation is 1. The van der Waals surface area contributed by atoms with Gasteiger partial charge in [-0.15, -0.1) is 0 Å². The van der Waals surface area contributed by atoms with Crippen molar-refractivity contribution in [3.8, 4) is 0 Å². The van der Waals surface area contributed by atoms with Gasteiger partial charge in [0.05, 0.1) is 11.4 Å². The summed E-state index contributed by atoms with van der Waals surface area (Å²) in [5.41, 5.74) is 4.11. The van der Waals surface area contributed by atoms with Crippen LogP contribution in [0, 0.1) is 6.92 Å². The normalized spacial score (nSPS) is 17.9. The van der Waals surface area contributed by atoms with Crippen molar-refractivity contribution in [2.75, 3.05) is 21.9 Å². The summed E-state index contributed by atoms with van der Waals surface area (Å²) in [6, 6.07) is 16.2. The van der Waals surface area contributed by atoms with E-state index < -0.39 is 10.0 Å². The van der Waals surface area contributed by atoms with Crippen molar-refractivity contribution >= 4 is 21.4 Å². The van der Waals surface area contributed by atoms with E-state index in [0.717, 1.165) is 11.4 Å². The second-order valence-electron chi connectivity index (χ2n) is 6.07. The molecule has 3 rings (SSSR count). The Morgan fingerprint density at radius 2 is 1.91 bits per heavy atom. The Hall–Kier alpha value is -2.01. The molecule has 1 aliphatic heterocycles. The monoisotopic (exact) mass is 330 g/mol. The largest absolute Gasteiger partial charge is 0.378 e. The molecule has 0 radical (unpaired) electrons. The first-order valence-corrected chi connectivity index (χ1v) is 9.50. The molecule has 1 saturated heterocycles. The van der Waals surface area contributed by atoms with Gasteiger partial charge in [0.15, 0.2) is 0 Å². The van der Waals surface area contributed by atoms with Crippen LogP contribution < -0.4 is 9.62 Å². The van der Waals surface area contributed by atoms with Crippen LogP contribution in [0.15, 0.2) is 48.5 Å². The first-order chi connectivity index (χ1) is 11.0. The maximum Gasteiger partial charge on any atom is 0.235 e. The highest BCUT2D eigenvalue weighted by molar-refractivity contribution is 7.93. The molecule has 5 heteroatoms. The van der Waals surface area contributed by atoms with Gasteiger partial charge in [0.1, 0.15) is 0 Å². The summed E-state index contributed by atoms with van der Waals surface area (Å²) in [5, 5.41) is 3.46. The minimum absolute atomic E-state index is 0.153. The van der Waals surface area contributed by atoms with E-state index in [1.807, 2.05) is 24.3 Å². The van der Waals surface area contributed by atoms with E-state index in [1.165, 1.54) is 15.4 Å². The van der Waals surface area contributed by atoms with E-state index in [-0.39, 0.29) is 11.8 Å². The van der Waals surface area contributed by atoms with Crippen LogP contribution in [0.5, 0.6) is 0 Å². The van der Waals surface area contributed by atoms with Crippen molar-refractivity contribution in [1.82, 2.24) is 0 Å². The lowest BCUT2D eigenvalue weighted by Crippen LogP contribution is -2.25. The average Bonchev–Trinajstić information content (AvgIpc) is 2.87. The van der Waals surface area contributed by atoms with Gasteiger partial charge in [-0.1, -0.05) is 35.9 Å². The summed E-state index contributed by atoms with van der Waals surface area (Å²) in [4.78, 5) is 0. The fraction of sp³-hybridized carbons (Fsp3) is 0.333. The summed E-state index contributed by atoms with van der Waals surface area (Å²) in [5.74, 6) is 0.240. The van der Waals surface area contributed by atoms with Gasteiger partial charge in [-0.3, -0.25) is 4.31 Å². The molecule has 0 spiro atoms. The third-order valence-corrected chi connectivity index (χ3v) is 6.03. The first-order valence-electron chi connectivity index (χ1n) is 7.89. The van der Waals surface area contributed by atoms with Crippen LogP contribution in [-0.4, -0.2) is 20.7 Å². The van der Waals surface area contributed by atoms with Gasteiger partial charge in [-0.05, 0) is 44.0 Å². The van der Waals surface area contributed by atoms with Crippen LogP contribution in [0.2, 0.25) is 0 Å². The van der Waals surface area contributed by atoms with Crippen LogP contribution in [0.4, 0.5) is 11.4 Å². The maximum absolute atomic E-state index is 12.1. The lowest BCUT2D eigenvalue weighted by atomic mass is 10.1. The number of nitrogens with one attached hydrogen (secondary N) is 1. The Kier molecular flexibility index (Phi) is 4.31. The molecule has 1 heterocycles. The van der Waals surface area contributed by atoms with Crippen LogP contribution in [0.25, 0.3) is 0 Å². The van der Waals surface area contributed by atoms with Crippen LogP contribution in [0.1, 0.15) is 30.5 Å². The molecule has 0 aromatic heterocycles. The van der Waals surface area contributed by atoms with Gasteiger partial charge < -0.3 is 5.32 Å². The van der Waals surface area contributed by atoms with Gasteiger partial charge >= 0.3 is 0 Å². The van der Waals surface area contributed by atoms with Crippen molar-refractivity contribution in [3.63, 3.8) is 0 Å². The molecule has 122 valence electrons. The van der Waals surface area contributed by atoms with Crippen molar-refractivity contribution in [3.05, 3.63) is 59.7 Å². The van der Waals surface area contributed by atoms with E-state index in [1.54, 1.807) is 0 Å². The van der Waals surface area contributed by atoms with E-state index in [4.69, 9.17) is 0 Å². The standard InChI is InChI=1S/C18H22N2O2S/c1-14-6-3-7-16(12-14)15(2)19-17-8-4-9-18(13-17)20-10-5-11-23(20,21)22/h3-4,6-9,12-13,15,19H,5,10-11H2,1-2H3/t15-/m0/s1. The van der Waals surface area contributed by atoms with Crippen molar-refractivity contribution in [2.45, 2.75) is 26.3 Å². The molecule has 1 fully saturated rings. The summed E-state index contributed by atoms with van der Waals surface area (Å²) in [6.45, 7) is 4.75. The van der Waals surface area contributed by atoms with E-state index >= 15 is 0 Å². The van der Waals surface area contributed by atoms with Gasteiger partial charge in [-0.25, -0.2) is 8.42 Å². The number of sulfonamides is 1. The topological polar surface area (TPSA) is 49.4 Å². The summed E-state index contributed by atoms with van der Waals surface area (Å²) in [6.07, 6.45) is 0.694. The van der Waals surface area contributed by atoms with Crippen molar-refractivity contribution < 1.29 is 8.42 Å². The van der Waals surface area contributed by atoms with Gasteiger partial charge in [0, 0.05) is 18.3 Å². The smallest absolute Gasteiger partial charge is 0.235 e. The molecule has 1 N–H and O–H groups in total. The molecule has 23 heavy (non-hydrogen) atoms. The zero-order valence-electron chi connectivity index (χ0n) is 13.5. The summed E-state index contributed by atoms with van der Waals surface area (Å²) in [7, 11) is -3.14. The SMILES string of the molecule is Cc1cccc([C@H](C)Nc2cccc(N3CCCS3(=O)=O)c2)c1. The molecule has 0 amide bonds. The summed E-state index contributed by atoms with van der Waals surface area (Å²) >= 11 is 0. The van der Waals surface area contributed by atoms with Gasteiger partial charge in [0.25, 0.3) is 0 Å². The second-order valence-corrected chi connectivity index (χ2v) is 8.09. The molecule has 1 atom stereocenters. The highest BCUT2D eigenvalue weighted by atomic mass is 32.2. The highest BCUT2D eigenvalue weighted by Crippen LogP contribution is 2.28. The highest BCUT2D eigenvalue weighted by Gasteiger charge is 2.28. The van der Waals surface area contributed by atoms with E-state index in [0.29, 0.717) is 13.0 Å². The maximum atomic E-state index is 12.1. The number of anilines is 2. The lowest BCUT2D eigenvalue weighted by Gasteiger charge is -2.20. The number of rotatable bonds is 4. The molecule has 1 aliphatic rings. The fourth-order valence-electron chi connectivity index (χ4n) is 2.95. The Balaban J connectivity index is 1.80. The summed E-state index contributed by atoms with van der Waals surface area (Å²) < 4.78 is 25.6. The molecule has 0 bridgehead atoms. The zero-order chi connectivity index (χ0) is 16.4. The minimum Gasteiger partial charge on any atom is -0.378 e. The van der Waals surface area contributed by atoms with Crippen molar-refractivity contribution in [2.24, 2.45) is 0 Å². The predicted octanol–water partition coefficient (Wildman–Crippen LogP) is 3.71. The van der Waals surface area contributed by atoms with Crippen LogP contribution >= 0.6 is 0 Å². The van der Waals surface area contributed by atoms with Gasteiger partial charge in [0.2, 0.25) is 10.0 Å². The molecule has 0 saturated carbocycles. The lowest BCUT2D eigenvalue weighted by molar-refractivity contribution is 0.599. The third-order valence-electron chi connectivity index (χ3n) is 4.16. The molecule has 0 unspecified atom stereocenters. The predicted molar refractivity (Wildman–Crippen MR) is 95.4 cm³/mol. The number of hydrogen-bond acceptors (Lipinski definition) is 3. The quantitative estimate of drug-likeness (QED) is 0.930. The minimum atomic E-state index is -3.14. The second kappa shape index (κ2) is 6.24. The van der Waals surface area contributed by atoms with E-state index in [2.05, 4.69) is 43.4 Å². The molecular formula is C18H22N2O2S. The third kappa shape index (κ3) is 3.50. The molecular weight excluding hydrogens is 308 g/mol. The first kappa shape index (κ1) is 15.9. The molecule has 4 nitrogen and oxygen atoms in total. The van der Waals surface area contributed by atoms with Gasteiger partial charge in [-0.2, -0.15) is 0 Å². The Morgan fingerprint density at radius 1 is 1.13 bits per heavy atom. The van der Waals surface area contributed by atoms with Crippen molar-refractivity contribution in [1.29, 1.82) is 0 Å². The molecule has 2 aromatic carbocycles. The fourth-order valence-corrected chi connectivity index (χ4v) is 4.51. The van der Waals surface area contributed by atoms with Crippen LogP contribution in [0.3, 0.4) is 0 Å².